The number of allylic oxidation sites excluding steroid dienone is 23. The molecule has 0 heterocycles. The van der Waals surface area contributed by atoms with Crippen LogP contribution in [0.3, 0.4) is 0 Å². The third-order valence-corrected chi connectivity index (χ3v) is 9.88. The van der Waals surface area contributed by atoms with E-state index in [9.17, 15) is 5.11 Å². The maximum absolute atomic E-state index is 9.39. The quantitative estimate of drug-likeness (QED) is 0.160. The van der Waals surface area contributed by atoms with Crippen molar-refractivity contribution in [2.75, 3.05) is 6.61 Å². The van der Waals surface area contributed by atoms with E-state index in [2.05, 4.69) is 160 Å². The van der Waals surface area contributed by atoms with Gasteiger partial charge in [-0.25, -0.2) is 0 Å². The normalized spacial score (nSPS) is 22.7. The molecule has 0 aliphatic heterocycles. The minimum Gasteiger partial charge on any atom is -0.392 e. The predicted octanol–water partition coefficient (Wildman–Crippen LogP) is 13.2. The van der Waals surface area contributed by atoms with E-state index in [0.29, 0.717) is 5.92 Å². The highest BCUT2D eigenvalue weighted by Crippen LogP contribution is 2.47. The molecule has 1 nitrogen and oxygen atoms in total. The molecule has 46 heavy (non-hydrogen) atoms. The van der Waals surface area contributed by atoms with Crippen LogP contribution in [0.25, 0.3) is 0 Å². The lowest BCUT2D eigenvalue weighted by Crippen LogP contribution is -2.30. The highest BCUT2D eigenvalue weighted by atomic mass is 16.3. The van der Waals surface area contributed by atoms with Crippen LogP contribution in [0, 0.1) is 16.7 Å². The maximum Gasteiger partial charge on any atom is 0.0639 e. The molecule has 2 rings (SSSR count). The number of hydrogen-bond donors (Lipinski definition) is 1. The van der Waals surface area contributed by atoms with E-state index >= 15 is 0 Å². The van der Waals surface area contributed by atoms with Gasteiger partial charge in [0.1, 0.15) is 0 Å². The van der Waals surface area contributed by atoms with Crippen LogP contribution >= 0.6 is 0 Å². The van der Waals surface area contributed by atoms with Crippen LogP contribution in [0.1, 0.15) is 115 Å². The zero-order chi connectivity index (χ0) is 34.3. The molecule has 0 radical (unpaired) electrons. The Morgan fingerprint density at radius 1 is 0.674 bits per heavy atom. The first-order chi connectivity index (χ1) is 21.7. The third kappa shape index (κ3) is 12.9. The second-order valence-corrected chi connectivity index (χ2v) is 14.9. The number of hydrogen-bond acceptors (Lipinski definition) is 1. The van der Waals surface area contributed by atoms with Crippen LogP contribution in [0.5, 0.6) is 0 Å². The summed E-state index contributed by atoms with van der Waals surface area (Å²) in [6.45, 7) is 24.9. The first kappa shape index (κ1) is 39.0. The third-order valence-electron chi connectivity index (χ3n) is 9.88. The van der Waals surface area contributed by atoms with Gasteiger partial charge in [0.25, 0.3) is 0 Å². The van der Waals surface area contributed by atoms with Gasteiger partial charge in [0, 0.05) is 0 Å². The first-order valence-corrected chi connectivity index (χ1v) is 17.4. The molecular weight excluding hydrogens is 556 g/mol. The lowest BCUT2D eigenvalue weighted by Gasteiger charge is -2.41. The van der Waals surface area contributed by atoms with Crippen molar-refractivity contribution in [3.63, 3.8) is 0 Å². The molecular formula is C45H64O. The highest BCUT2D eigenvalue weighted by molar-refractivity contribution is 5.39. The second-order valence-electron chi connectivity index (χ2n) is 14.9. The van der Waals surface area contributed by atoms with Gasteiger partial charge in [0.05, 0.1) is 6.61 Å². The van der Waals surface area contributed by atoms with Gasteiger partial charge in [0.15, 0.2) is 0 Å². The second kappa shape index (κ2) is 18.9. The van der Waals surface area contributed by atoms with E-state index < -0.39 is 0 Å². The van der Waals surface area contributed by atoms with Crippen molar-refractivity contribution in [1.29, 1.82) is 0 Å². The molecule has 0 aromatic carbocycles. The summed E-state index contributed by atoms with van der Waals surface area (Å²) in [6.07, 6.45) is 40.1. The van der Waals surface area contributed by atoms with Gasteiger partial charge in [-0.2, -0.15) is 0 Å². The summed E-state index contributed by atoms with van der Waals surface area (Å²) in [4.78, 5) is 0. The standard InChI is InChI=1S/C45H64O/c1-34(19-14-21-36(3)25-30-42-39(6)23-16-32-44(42,8)9)17-12-13-18-35(2)20-15-22-37(4)26-31-43-40(7)27-29-41(45(43,10)11)28-24-38(5)33-46/h12-15,17-22,24-26,30-31,41,46H,16,23,27-29,32-33H2,1-11H3/b13-12+,19-14+,20-15+,30-25+,31-26+,34-17+,35-18+,36-21+,37-22+,38-24+. The Balaban J connectivity index is 1.93. The molecule has 0 saturated carbocycles. The van der Waals surface area contributed by atoms with Crippen molar-refractivity contribution >= 4 is 0 Å². The molecule has 1 atom stereocenters. The largest absolute Gasteiger partial charge is 0.392 e. The Morgan fingerprint density at radius 2 is 1.15 bits per heavy atom. The fourth-order valence-electron chi connectivity index (χ4n) is 6.61. The topological polar surface area (TPSA) is 20.2 Å². The fraction of sp³-hybridized carbons (Fsp3) is 0.467. The molecule has 0 saturated heterocycles. The van der Waals surface area contributed by atoms with E-state index in [1.165, 1.54) is 64.7 Å². The zero-order valence-electron chi connectivity index (χ0n) is 31.1. The average molecular weight is 621 g/mol. The van der Waals surface area contributed by atoms with E-state index in [-0.39, 0.29) is 17.4 Å². The Labute approximate surface area is 283 Å². The molecule has 2 aliphatic carbocycles. The van der Waals surface area contributed by atoms with Crippen LogP contribution in [-0.4, -0.2) is 11.7 Å². The Morgan fingerprint density at radius 3 is 1.67 bits per heavy atom. The van der Waals surface area contributed by atoms with E-state index in [0.717, 1.165) is 18.4 Å². The minimum absolute atomic E-state index is 0.117. The van der Waals surface area contributed by atoms with Gasteiger partial charge >= 0.3 is 0 Å². The Bertz CT molecular complexity index is 1410. The number of rotatable bonds is 13. The van der Waals surface area contributed by atoms with Gasteiger partial charge in [-0.1, -0.05) is 158 Å². The Hall–Kier alpha value is -3.16. The molecule has 1 N–H and O–H groups in total. The molecule has 1 heteroatoms. The lowest BCUT2D eigenvalue weighted by molar-refractivity contribution is 0.235. The van der Waals surface area contributed by atoms with Crippen LogP contribution in [-0.2, 0) is 0 Å². The van der Waals surface area contributed by atoms with Crippen molar-refractivity contribution in [3.8, 4) is 0 Å². The molecule has 2 aliphatic rings. The summed E-state index contributed by atoms with van der Waals surface area (Å²) in [5.74, 6) is 0.590. The zero-order valence-corrected chi connectivity index (χ0v) is 31.1. The van der Waals surface area contributed by atoms with Crippen LogP contribution in [0.15, 0.2) is 141 Å². The summed E-state index contributed by atoms with van der Waals surface area (Å²) in [5, 5.41) is 9.39. The summed E-state index contributed by atoms with van der Waals surface area (Å²) in [5.41, 5.74) is 12.4. The summed E-state index contributed by atoms with van der Waals surface area (Å²) >= 11 is 0. The predicted molar refractivity (Wildman–Crippen MR) is 206 cm³/mol. The molecule has 0 amide bonds. The van der Waals surface area contributed by atoms with Gasteiger partial charge < -0.3 is 5.11 Å². The van der Waals surface area contributed by atoms with Crippen molar-refractivity contribution in [2.24, 2.45) is 16.7 Å². The monoisotopic (exact) mass is 620 g/mol. The van der Waals surface area contributed by atoms with Gasteiger partial charge in [-0.3, -0.25) is 0 Å². The van der Waals surface area contributed by atoms with Crippen molar-refractivity contribution in [2.45, 2.75) is 115 Å². The summed E-state index contributed by atoms with van der Waals surface area (Å²) in [7, 11) is 0. The number of aliphatic hydroxyl groups is 1. The average Bonchev–Trinajstić information content (AvgIpc) is 2.97. The van der Waals surface area contributed by atoms with Crippen molar-refractivity contribution < 1.29 is 5.11 Å². The van der Waals surface area contributed by atoms with Gasteiger partial charge in [0.2, 0.25) is 0 Å². The van der Waals surface area contributed by atoms with E-state index in [1.54, 1.807) is 5.57 Å². The molecule has 0 aromatic heterocycles. The summed E-state index contributed by atoms with van der Waals surface area (Å²) < 4.78 is 0. The van der Waals surface area contributed by atoms with Crippen LogP contribution < -0.4 is 0 Å². The van der Waals surface area contributed by atoms with E-state index in [1.807, 2.05) is 6.92 Å². The molecule has 250 valence electrons. The van der Waals surface area contributed by atoms with Gasteiger partial charge in [-0.05, 0) is 115 Å². The molecule has 0 aromatic rings. The van der Waals surface area contributed by atoms with Crippen molar-refractivity contribution in [1.82, 2.24) is 0 Å². The molecule has 1 unspecified atom stereocenters. The van der Waals surface area contributed by atoms with E-state index in [4.69, 9.17) is 0 Å². The fourth-order valence-corrected chi connectivity index (χ4v) is 6.61. The molecule has 0 bridgehead atoms. The molecule has 0 fully saturated rings. The van der Waals surface area contributed by atoms with Crippen molar-refractivity contribution in [3.05, 3.63) is 141 Å². The number of aliphatic hydroxyl groups excluding tert-OH is 1. The van der Waals surface area contributed by atoms with Crippen LogP contribution in [0.2, 0.25) is 0 Å². The Kier molecular flexibility index (Phi) is 16.0. The smallest absolute Gasteiger partial charge is 0.0639 e. The first-order valence-electron chi connectivity index (χ1n) is 17.4. The maximum atomic E-state index is 9.39. The lowest BCUT2D eigenvalue weighted by atomic mass is 9.64. The summed E-state index contributed by atoms with van der Waals surface area (Å²) in [6, 6.07) is 0. The molecule has 0 spiro atoms. The highest BCUT2D eigenvalue weighted by Gasteiger charge is 2.35. The van der Waals surface area contributed by atoms with Gasteiger partial charge in [-0.15, -0.1) is 0 Å². The SMILES string of the molecule is CC1=C(/C=C/C(C)=C/C=C/C(C)=C/C=C/C=C(C)/C=C/C=C(C)/C=C/C2=C(C)CCC(C/C=C(\C)CO)C2(C)C)C(C)(C)CCC1. The van der Waals surface area contributed by atoms with Crippen LogP contribution in [0.4, 0.5) is 0 Å². The minimum atomic E-state index is 0.117.